The minimum atomic E-state index is -0.475. The molecule has 112 valence electrons. The molecule has 0 unspecified atom stereocenters. The van der Waals surface area contributed by atoms with Crippen LogP contribution in [0.2, 0.25) is 0 Å². The third kappa shape index (κ3) is 3.36. The molecule has 0 fully saturated rings. The summed E-state index contributed by atoms with van der Waals surface area (Å²) in [6.07, 6.45) is 9.84. The van der Waals surface area contributed by atoms with Gasteiger partial charge in [-0.25, -0.2) is 4.79 Å². The molecule has 0 saturated heterocycles. The molecule has 0 N–H and O–H groups in total. The summed E-state index contributed by atoms with van der Waals surface area (Å²) in [6, 6.07) is 12.4. The van der Waals surface area contributed by atoms with Crippen LogP contribution in [0, 0.1) is 24.4 Å². The molecule has 2 aromatic rings. The van der Waals surface area contributed by atoms with E-state index in [2.05, 4.69) is 17.9 Å². The molecule has 3 rings (SSSR count). The average molecular weight is 302 g/mol. The minimum absolute atomic E-state index is 0.463. The van der Waals surface area contributed by atoms with E-state index in [9.17, 15) is 4.79 Å². The zero-order valence-electron chi connectivity index (χ0n) is 12.5. The summed E-state index contributed by atoms with van der Waals surface area (Å²) in [4.78, 5) is 11.8. The van der Waals surface area contributed by atoms with Crippen molar-refractivity contribution < 1.29 is 14.3 Å². The summed E-state index contributed by atoms with van der Waals surface area (Å²) in [5.41, 5.74) is 2.90. The Morgan fingerprint density at radius 1 is 1.22 bits per heavy atom. The molecule has 0 spiro atoms. The molecule has 0 amide bonds. The number of terminal acetylenes is 1. The molecule has 1 aliphatic heterocycles. The van der Waals surface area contributed by atoms with Gasteiger partial charge in [0.05, 0.1) is 17.7 Å². The van der Waals surface area contributed by atoms with Crippen LogP contribution in [0.1, 0.15) is 33.5 Å². The second-order valence-corrected chi connectivity index (χ2v) is 5.09. The van der Waals surface area contributed by atoms with E-state index in [1.165, 1.54) is 0 Å². The van der Waals surface area contributed by atoms with E-state index in [0.29, 0.717) is 23.3 Å². The Hall–Kier alpha value is -3.17. The predicted octanol–water partition coefficient (Wildman–Crippen LogP) is 3.16. The number of aryl methyl sites for hydroxylation is 1. The van der Waals surface area contributed by atoms with Gasteiger partial charge in [0.1, 0.15) is 11.9 Å². The van der Waals surface area contributed by atoms with Crippen LogP contribution in [-0.2, 0) is 11.2 Å². The Morgan fingerprint density at radius 3 is 2.83 bits per heavy atom. The maximum absolute atomic E-state index is 11.8. The van der Waals surface area contributed by atoms with Crippen molar-refractivity contribution in [1.82, 2.24) is 0 Å². The molecule has 1 aliphatic rings. The first-order valence-corrected chi connectivity index (χ1v) is 7.31. The van der Waals surface area contributed by atoms with E-state index in [4.69, 9.17) is 15.9 Å². The molecule has 0 saturated carbocycles. The van der Waals surface area contributed by atoms with Crippen molar-refractivity contribution in [2.45, 2.75) is 12.8 Å². The fourth-order valence-electron chi connectivity index (χ4n) is 2.43. The number of ether oxygens (including phenoxy) is 2. The van der Waals surface area contributed by atoms with Gasteiger partial charge in [0.25, 0.3) is 0 Å². The maximum atomic E-state index is 11.8. The molecule has 3 heteroatoms. The number of esters is 1. The lowest BCUT2D eigenvalue weighted by Gasteiger charge is -2.18. The first-order chi connectivity index (χ1) is 11.3. The van der Waals surface area contributed by atoms with E-state index < -0.39 is 5.97 Å². The largest absolute Gasteiger partial charge is 0.492 e. The SMILES string of the molecule is C#Cc1cc(C#COC(=O)c2ccccc2)cc2c1OCCC2. The summed E-state index contributed by atoms with van der Waals surface area (Å²) >= 11 is 0. The number of hydrogen-bond donors (Lipinski definition) is 0. The van der Waals surface area contributed by atoms with Gasteiger partial charge in [0.2, 0.25) is 0 Å². The van der Waals surface area contributed by atoms with Gasteiger partial charge < -0.3 is 9.47 Å². The Labute approximate surface area is 135 Å². The average Bonchev–Trinajstić information content (AvgIpc) is 2.61. The van der Waals surface area contributed by atoms with E-state index >= 15 is 0 Å². The molecule has 0 bridgehead atoms. The Kier molecular flexibility index (Phi) is 4.32. The van der Waals surface area contributed by atoms with Crippen molar-refractivity contribution in [1.29, 1.82) is 0 Å². The first kappa shape index (κ1) is 14.8. The van der Waals surface area contributed by atoms with Gasteiger partial charge >= 0.3 is 5.97 Å². The van der Waals surface area contributed by atoms with Gasteiger partial charge in [-0.1, -0.05) is 24.1 Å². The molecular weight excluding hydrogens is 288 g/mol. The number of carbonyl (C=O) groups excluding carboxylic acids is 1. The lowest BCUT2D eigenvalue weighted by molar-refractivity contribution is 0.0690. The molecule has 1 heterocycles. The number of carbonyl (C=O) groups is 1. The molecule has 2 aromatic carbocycles. The van der Waals surface area contributed by atoms with Crippen LogP contribution >= 0.6 is 0 Å². The zero-order chi connectivity index (χ0) is 16.1. The summed E-state index contributed by atoms with van der Waals surface area (Å²) in [6.45, 7) is 0.682. The van der Waals surface area contributed by atoms with E-state index in [-0.39, 0.29) is 0 Å². The summed E-state index contributed by atoms with van der Waals surface area (Å²) in [5, 5.41) is 0. The molecule has 0 aliphatic carbocycles. The highest BCUT2D eigenvalue weighted by atomic mass is 16.5. The third-order valence-electron chi connectivity index (χ3n) is 3.51. The topological polar surface area (TPSA) is 35.5 Å². The van der Waals surface area contributed by atoms with Crippen molar-refractivity contribution in [3.8, 4) is 30.1 Å². The highest BCUT2D eigenvalue weighted by Gasteiger charge is 2.14. The highest BCUT2D eigenvalue weighted by molar-refractivity contribution is 5.90. The van der Waals surface area contributed by atoms with E-state index in [1.54, 1.807) is 30.3 Å². The van der Waals surface area contributed by atoms with Crippen LogP contribution in [0.25, 0.3) is 0 Å². The normalized spacial score (nSPS) is 12.0. The van der Waals surface area contributed by atoms with Crippen LogP contribution < -0.4 is 4.74 Å². The lowest BCUT2D eigenvalue weighted by Crippen LogP contribution is -2.10. The van der Waals surface area contributed by atoms with Gasteiger partial charge in [-0.3, -0.25) is 0 Å². The standard InChI is InChI=1S/C20H14O3/c1-2-16-13-15(14-18-9-6-11-22-19(16)18)10-12-23-20(21)17-7-4-3-5-8-17/h1,3-5,7-8,13-14H,6,9,11H2. The monoisotopic (exact) mass is 302 g/mol. The fraction of sp³-hybridized carbons (Fsp3) is 0.150. The van der Waals surface area contributed by atoms with Gasteiger partial charge in [-0.05, 0) is 48.6 Å². The number of fused-ring (bicyclic) bond motifs is 1. The first-order valence-electron chi connectivity index (χ1n) is 7.31. The van der Waals surface area contributed by atoms with Crippen molar-refractivity contribution in [2.24, 2.45) is 0 Å². The summed E-state index contributed by atoms with van der Waals surface area (Å²) < 4.78 is 10.6. The number of benzene rings is 2. The lowest BCUT2D eigenvalue weighted by atomic mass is 9.99. The van der Waals surface area contributed by atoms with E-state index in [1.807, 2.05) is 12.1 Å². The molecular formula is C20H14O3. The van der Waals surface area contributed by atoms with Crippen molar-refractivity contribution in [3.63, 3.8) is 0 Å². The van der Waals surface area contributed by atoms with Gasteiger partial charge in [0.15, 0.2) is 0 Å². The molecule has 3 nitrogen and oxygen atoms in total. The number of rotatable bonds is 1. The van der Waals surface area contributed by atoms with Crippen molar-refractivity contribution in [3.05, 3.63) is 64.7 Å². The Balaban J connectivity index is 1.79. The van der Waals surface area contributed by atoms with Gasteiger partial charge in [0, 0.05) is 5.56 Å². The van der Waals surface area contributed by atoms with Crippen LogP contribution in [0.3, 0.4) is 0 Å². The Bertz CT molecular complexity index is 833. The van der Waals surface area contributed by atoms with Crippen molar-refractivity contribution in [2.75, 3.05) is 6.61 Å². The molecule has 0 aromatic heterocycles. The summed E-state index contributed by atoms with van der Waals surface area (Å²) in [5.74, 6) is 5.74. The minimum Gasteiger partial charge on any atom is -0.492 e. The van der Waals surface area contributed by atoms with Crippen LogP contribution in [0.15, 0.2) is 42.5 Å². The van der Waals surface area contributed by atoms with Crippen LogP contribution in [0.4, 0.5) is 0 Å². The second kappa shape index (κ2) is 6.73. The number of hydrogen-bond acceptors (Lipinski definition) is 3. The summed E-state index contributed by atoms with van der Waals surface area (Å²) in [7, 11) is 0. The predicted molar refractivity (Wildman–Crippen MR) is 86.9 cm³/mol. The van der Waals surface area contributed by atoms with Gasteiger partial charge in [-0.2, -0.15) is 0 Å². The molecule has 0 atom stereocenters. The fourth-order valence-corrected chi connectivity index (χ4v) is 2.43. The van der Waals surface area contributed by atoms with E-state index in [0.717, 1.165) is 24.2 Å². The smallest absolute Gasteiger partial charge is 0.352 e. The highest BCUT2D eigenvalue weighted by Crippen LogP contribution is 2.29. The maximum Gasteiger partial charge on any atom is 0.352 e. The third-order valence-corrected chi connectivity index (χ3v) is 3.51. The Morgan fingerprint density at radius 2 is 2.04 bits per heavy atom. The quantitative estimate of drug-likeness (QED) is 0.599. The van der Waals surface area contributed by atoms with Crippen molar-refractivity contribution >= 4 is 5.97 Å². The van der Waals surface area contributed by atoms with Gasteiger partial charge in [-0.15, -0.1) is 6.42 Å². The molecule has 23 heavy (non-hydrogen) atoms. The second-order valence-electron chi connectivity index (χ2n) is 5.09. The zero-order valence-corrected chi connectivity index (χ0v) is 12.5. The van der Waals surface area contributed by atoms with Crippen LogP contribution in [0.5, 0.6) is 5.75 Å². The molecule has 0 radical (unpaired) electrons. The van der Waals surface area contributed by atoms with Crippen LogP contribution in [-0.4, -0.2) is 12.6 Å².